The number of aryl methyl sites for hydroxylation is 2. The third kappa shape index (κ3) is 5.80. The maximum atomic E-state index is 12.6. The zero-order valence-corrected chi connectivity index (χ0v) is 16.9. The summed E-state index contributed by atoms with van der Waals surface area (Å²) in [7, 11) is 0. The lowest BCUT2D eigenvalue weighted by Crippen LogP contribution is -2.14. The average Bonchev–Trinajstić information content (AvgIpc) is 3.17. The Hall–Kier alpha value is -3.43. The van der Waals surface area contributed by atoms with Gasteiger partial charge in [0.1, 0.15) is 0 Å². The molecule has 2 heterocycles. The van der Waals surface area contributed by atoms with Crippen molar-refractivity contribution < 1.29 is 27.2 Å². The lowest BCUT2D eigenvalue weighted by atomic mass is 10.1. The van der Waals surface area contributed by atoms with E-state index in [4.69, 9.17) is 9.26 Å². The second kappa shape index (κ2) is 9.15. The second-order valence-corrected chi connectivity index (χ2v) is 6.98. The highest BCUT2D eigenvalue weighted by Gasteiger charge is 2.30. The molecular formula is C21H20F3N3O4. The van der Waals surface area contributed by atoms with E-state index in [0.29, 0.717) is 18.5 Å². The number of rotatable bonds is 7. The predicted molar refractivity (Wildman–Crippen MR) is 104 cm³/mol. The normalized spacial score (nSPS) is 11.5. The van der Waals surface area contributed by atoms with Crippen molar-refractivity contribution in [2.75, 3.05) is 0 Å². The van der Waals surface area contributed by atoms with Gasteiger partial charge >= 0.3 is 12.1 Å². The standard InChI is InChI=1S/C21H20F3N3O4/c1-13-10-17(28)11-14(2)27(13)9-3-4-19(29)30-12-18-25-20(26-31-18)15-5-7-16(8-6-15)21(22,23)24/h5-8,10-11H,3-4,9,12H2,1-2H3. The number of benzene rings is 1. The number of carbonyl (C=O) groups excluding carboxylic acids is 1. The fourth-order valence-electron chi connectivity index (χ4n) is 3.08. The van der Waals surface area contributed by atoms with E-state index < -0.39 is 17.7 Å². The molecule has 0 aliphatic rings. The van der Waals surface area contributed by atoms with Crippen LogP contribution in [-0.4, -0.2) is 20.7 Å². The molecule has 0 aliphatic heterocycles. The number of ether oxygens (including phenoxy) is 1. The lowest BCUT2D eigenvalue weighted by molar-refractivity contribution is -0.146. The summed E-state index contributed by atoms with van der Waals surface area (Å²) in [5, 5.41) is 3.70. The van der Waals surface area contributed by atoms with E-state index >= 15 is 0 Å². The molecule has 0 radical (unpaired) electrons. The molecule has 0 aliphatic carbocycles. The first kappa shape index (κ1) is 22.3. The maximum Gasteiger partial charge on any atom is 0.416 e. The van der Waals surface area contributed by atoms with Crippen LogP contribution in [0, 0.1) is 13.8 Å². The van der Waals surface area contributed by atoms with Crippen molar-refractivity contribution in [3.63, 3.8) is 0 Å². The van der Waals surface area contributed by atoms with Gasteiger partial charge in [-0.3, -0.25) is 9.59 Å². The van der Waals surface area contributed by atoms with Gasteiger partial charge in [0.05, 0.1) is 5.56 Å². The Balaban J connectivity index is 1.49. The summed E-state index contributed by atoms with van der Waals surface area (Å²) in [4.78, 5) is 27.5. The summed E-state index contributed by atoms with van der Waals surface area (Å²) < 4.78 is 49.9. The van der Waals surface area contributed by atoms with Crippen LogP contribution < -0.4 is 5.43 Å². The van der Waals surface area contributed by atoms with Crippen LogP contribution in [0.5, 0.6) is 0 Å². The highest BCUT2D eigenvalue weighted by Crippen LogP contribution is 2.30. The van der Waals surface area contributed by atoms with Crippen molar-refractivity contribution in [1.29, 1.82) is 0 Å². The van der Waals surface area contributed by atoms with Gasteiger partial charge in [-0.1, -0.05) is 17.3 Å². The van der Waals surface area contributed by atoms with E-state index in [1.54, 1.807) is 0 Å². The molecule has 7 nitrogen and oxygen atoms in total. The topological polar surface area (TPSA) is 87.2 Å². The fraction of sp³-hybridized carbons (Fsp3) is 0.333. The number of pyridine rings is 1. The van der Waals surface area contributed by atoms with Crippen molar-refractivity contribution in [1.82, 2.24) is 14.7 Å². The summed E-state index contributed by atoms with van der Waals surface area (Å²) in [6.45, 7) is 3.99. The Kier molecular flexibility index (Phi) is 6.57. The van der Waals surface area contributed by atoms with Gasteiger partial charge in [0.15, 0.2) is 12.0 Å². The Morgan fingerprint density at radius 3 is 2.39 bits per heavy atom. The van der Waals surface area contributed by atoms with Crippen molar-refractivity contribution in [2.24, 2.45) is 0 Å². The first-order chi connectivity index (χ1) is 14.6. The SMILES string of the molecule is Cc1cc(=O)cc(C)n1CCCC(=O)OCc1nc(-c2ccc(C(F)(F)F)cc2)no1. The fourth-order valence-corrected chi connectivity index (χ4v) is 3.08. The van der Waals surface area contributed by atoms with E-state index in [1.807, 2.05) is 18.4 Å². The molecule has 31 heavy (non-hydrogen) atoms. The quantitative estimate of drug-likeness (QED) is 0.520. The van der Waals surface area contributed by atoms with Gasteiger partial charge in [-0.2, -0.15) is 18.2 Å². The Bertz CT molecular complexity index is 1090. The number of halogens is 3. The van der Waals surface area contributed by atoms with Crippen LogP contribution in [0.4, 0.5) is 13.2 Å². The minimum atomic E-state index is -4.43. The molecule has 1 aromatic carbocycles. The summed E-state index contributed by atoms with van der Waals surface area (Å²) in [6.07, 6.45) is -3.75. The Morgan fingerprint density at radius 2 is 1.77 bits per heavy atom. The van der Waals surface area contributed by atoms with E-state index in [2.05, 4.69) is 10.1 Å². The molecule has 0 N–H and O–H groups in total. The number of carbonyl (C=O) groups is 1. The van der Waals surface area contributed by atoms with Gasteiger partial charge in [-0.05, 0) is 32.4 Å². The van der Waals surface area contributed by atoms with E-state index in [9.17, 15) is 22.8 Å². The van der Waals surface area contributed by atoms with Crippen molar-refractivity contribution >= 4 is 5.97 Å². The zero-order chi connectivity index (χ0) is 22.6. The van der Waals surface area contributed by atoms with Gasteiger partial charge in [0.2, 0.25) is 5.82 Å². The average molecular weight is 435 g/mol. The molecule has 0 atom stereocenters. The number of esters is 1. The van der Waals surface area contributed by atoms with Crippen LogP contribution in [0.15, 0.2) is 45.7 Å². The second-order valence-electron chi connectivity index (χ2n) is 6.98. The van der Waals surface area contributed by atoms with E-state index in [1.165, 1.54) is 24.3 Å². The van der Waals surface area contributed by atoms with Crippen LogP contribution in [-0.2, 0) is 28.9 Å². The minimum absolute atomic E-state index is 0.0374. The number of alkyl halides is 3. The van der Waals surface area contributed by atoms with Crippen molar-refractivity contribution in [2.45, 2.75) is 46.0 Å². The van der Waals surface area contributed by atoms with Crippen molar-refractivity contribution in [3.8, 4) is 11.4 Å². The number of hydrogen-bond acceptors (Lipinski definition) is 6. The monoisotopic (exact) mass is 435 g/mol. The molecule has 0 bridgehead atoms. The highest BCUT2D eigenvalue weighted by molar-refractivity contribution is 5.69. The van der Waals surface area contributed by atoms with Crippen LogP contribution in [0.1, 0.15) is 35.7 Å². The van der Waals surface area contributed by atoms with Gasteiger partial charge < -0.3 is 13.8 Å². The summed E-state index contributed by atoms with van der Waals surface area (Å²) in [5.74, 6) is -0.315. The predicted octanol–water partition coefficient (Wildman–Crippen LogP) is 4.06. The molecule has 0 amide bonds. The molecule has 10 heteroatoms. The minimum Gasteiger partial charge on any atom is -0.456 e. The molecule has 0 fully saturated rings. The molecule has 3 aromatic rings. The summed E-state index contributed by atoms with van der Waals surface area (Å²) in [6, 6.07) is 7.41. The third-order valence-electron chi connectivity index (χ3n) is 4.61. The van der Waals surface area contributed by atoms with Crippen LogP contribution >= 0.6 is 0 Å². The van der Waals surface area contributed by atoms with E-state index in [0.717, 1.165) is 23.5 Å². The molecule has 0 saturated carbocycles. The van der Waals surface area contributed by atoms with Crippen LogP contribution in [0.2, 0.25) is 0 Å². The summed E-state index contributed by atoms with van der Waals surface area (Å²) >= 11 is 0. The molecule has 3 rings (SSSR count). The van der Waals surface area contributed by atoms with Gasteiger partial charge in [0, 0.05) is 42.0 Å². The largest absolute Gasteiger partial charge is 0.456 e. The molecule has 0 saturated heterocycles. The van der Waals surface area contributed by atoms with Gasteiger partial charge in [0.25, 0.3) is 5.89 Å². The van der Waals surface area contributed by atoms with Gasteiger partial charge in [-0.25, -0.2) is 0 Å². The van der Waals surface area contributed by atoms with Crippen molar-refractivity contribution in [3.05, 3.63) is 69.5 Å². The maximum absolute atomic E-state index is 12.6. The first-order valence-electron chi connectivity index (χ1n) is 9.47. The number of nitrogens with zero attached hydrogens (tertiary/aromatic N) is 3. The number of hydrogen-bond donors (Lipinski definition) is 0. The smallest absolute Gasteiger partial charge is 0.416 e. The van der Waals surface area contributed by atoms with E-state index in [-0.39, 0.29) is 30.2 Å². The molecule has 0 unspecified atom stereocenters. The third-order valence-corrected chi connectivity index (χ3v) is 4.61. The molecule has 0 spiro atoms. The number of aromatic nitrogens is 3. The Morgan fingerprint density at radius 1 is 1.13 bits per heavy atom. The lowest BCUT2D eigenvalue weighted by Gasteiger charge is -2.13. The highest BCUT2D eigenvalue weighted by atomic mass is 19.4. The molecule has 2 aromatic heterocycles. The summed E-state index contributed by atoms with van der Waals surface area (Å²) in [5.41, 5.74) is 1.16. The van der Waals surface area contributed by atoms with Gasteiger partial charge in [-0.15, -0.1) is 0 Å². The molecular weight excluding hydrogens is 415 g/mol. The van der Waals surface area contributed by atoms with Crippen LogP contribution in [0.3, 0.4) is 0 Å². The zero-order valence-electron chi connectivity index (χ0n) is 16.9. The van der Waals surface area contributed by atoms with Crippen LogP contribution in [0.25, 0.3) is 11.4 Å². The Labute approximate surface area is 175 Å². The first-order valence-corrected chi connectivity index (χ1v) is 9.47. The molecule has 164 valence electrons.